The highest BCUT2D eigenvalue weighted by atomic mass is 79.9. The average Bonchev–Trinajstić information content (AvgIpc) is 2.65. The van der Waals surface area contributed by atoms with Crippen molar-refractivity contribution in [3.8, 4) is 0 Å². The number of ether oxygens (including phenoxy) is 2. The minimum Gasteiger partial charge on any atom is -1.00 e. The highest BCUT2D eigenvalue weighted by molar-refractivity contribution is 5.70. The van der Waals surface area contributed by atoms with Crippen LogP contribution in [0.15, 0.2) is 0 Å². The molecule has 0 atom stereocenters. The van der Waals surface area contributed by atoms with Crippen LogP contribution in [0.2, 0.25) is 0 Å². The first-order valence-corrected chi connectivity index (χ1v) is 12.1. The number of carbonyl (C=O) groups excluding carboxylic acids is 2. The first kappa shape index (κ1) is 36.4. The third-order valence-corrected chi connectivity index (χ3v) is 5.45. The molecule has 0 bridgehead atoms. The van der Waals surface area contributed by atoms with Gasteiger partial charge in [0.1, 0.15) is 13.1 Å². The van der Waals surface area contributed by atoms with E-state index in [0.717, 1.165) is 38.8 Å². The zero-order chi connectivity index (χ0) is 22.9. The number of unbranched alkanes of at least 4 members (excludes halogenated alkanes) is 8. The van der Waals surface area contributed by atoms with Crippen LogP contribution in [0.25, 0.3) is 0 Å². The lowest BCUT2D eigenvalue weighted by atomic mass is 10.2. The van der Waals surface area contributed by atoms with Crippen LogP contribution in [0.3, 0.4) is 0 Å². The molecule has 0 saturated carbocycles. The molecule has 0 saturated heterocycles. The minimum absolute atomic E-state index is 0. The summed E-state index contributed by atoms with van der Waals surface area (Å²) in [6, 6.07) is 0. The molecule has 32 heavy (non-hydrogen) atoms. The van der Waals surface area contributed by atoms with Crippen molar-refractivity contribution in [2.24, 2.45) is 0 Å². The first-order valence-electron chi connectivity index (χ1n) is 12.1. The van der Waals surface area contributed by atoms with Gasteiger partial charge in [0, 0.05) is 0 Å². The predicted octanol–water partition coefficient (Wildman–Crippen LogP) is -1.83. The van der Waals surface area contributed by atoms with E-state index in [1.807, 2.05) is 28.2 Å². The zero-order valence-electron chi connectivity index (χ0n) is 21.6. The van der Waals surface area contributed by atoms with Gasteiger partial charge in [0.25, 0.3) is 0 Å². The van der Waals surface area contributed by atoms with Gasteiger partial charge in [-0.15, -0.1) is 0 Å². The van der Waals surface area contributed by atoms with E-state index in [1.165, 1.54) is 38.5 Å². The molecule has 0 aromatic carbocycles. The molecule has 0 aliphatic carbocycles. The fraction of sp³-hybridized carbons (Fsp3) is 0.917. The number of hydrogen-bond acceptors (Lipinski definition) is 4. The van der Waals surface area contributed by atoms with Gasteiger partial charge in [-0.1, -0.05) is 65.2 Å². The molecule has 0 aromatic heterocycles. The number of rotatable bonds is 19. The van der Waals surface area contributed by atoms with Crippen LogP contribution in [-0.4, -0.2) is 88.5 Å². The summed E-state index contributed by atoms with van der Waals surface area (Å²) >= 11 is 0. The molecular formula is C24H50Br2N2O4. The highest BCUT2D eigenvalue weighted by Gasteiger charge is 2.28. The quantitative estimate of drug-likeness (QED) is 0.101. The number of quaternary nitrogens is 2. The van der Waals surface area contributed by atoms with Crippen LogP contribution in [0.4, 0.5) is 0 Å². The van der Waals surface area contributed by atoms with Crippen LogP contribution >= 0.6 is 0 Å². The van der Waals surface area contributed by atoms with Crippen molar-refractivity contribution in [3.05, 3.63) is 0 Å². The van der Waals surface area contributed by atoms with Gasteiger partial charge in [0.15, 0.2) is 13.1 Å². The lowest BCUT2D eigenvalue weighted by molar-refractivity contribution is -0.939. The molecule has 0 rings (SSSR count). The van der Waals surface area contributed by atoms with Crippen molar-refractivity contribution in [3.63, 3.8) is 0 Å². The summed E-state index contributed by atoms with van der Waals surface area (Å²) in [7, 11) is 8.16. The Morgan fingerprint density at radius 3 is 1.19 bits per heavy atom. The second kappa shape index (κ2) is 21.4. The maximum Gasteiger partial charge on any atom is 0.361 e. The lowest BCUT2D eigenvalue weighted by Gasteiger charge is -2.34. The van der Waals surface area contributed by atoms with Crippen molar-refractivity contribution in [1.29, 1.82) is 0 Å². The molecule has 194 valence electrons. The Morgan fingerprint density at radius 1 is 0.562 bits per heavy atom. The number of halogens is 2. The van der Waals surface area contributed by atoms with Gasteiger partial charge < -0.3 is 52.4 Å². The second-order valence-corrected chi connectivity index (χ2v) is 9.90. The minimum atomic E-state index is -0.136. The molecule has 0 heterocycles. The van der Waals surface area contributed by atoms with Gasteiger partial charge in [-0.3, -0.25) is 0 Å². The Hall–Kier alpha value is -0.180. The lowest BCUT2D eigenvalue weighted by Crippen LogP contribution is -3.00. The fourth-order valence-corrected chi connectivity index (χ4v) is 3.27. The summed E-state index contributed by atoms with van der Waals surface area (Å²) in [5.74, 6) is -0.272. The van der Waals surface area contributed by atoms with Gasteiger partial charge in [0.05, 0.1) is 41.4 Å². The monoisotopic (exact) mass is 588 g/mol. The van der Waals surface area contributed by atoms with Crippen LogP contribution in [0, 0.1) is 0 Å². The Kier molecular flexibility index (Phi) is 24.3. The summed E-state index contributed by atoms with van der Waals surface area (Å²) < 4.78 is 11.9. The normalized spacial score (nSPS) is 11.3. The van der Waals surface area contributed by atoms with Gasteiger partial charge in [0.2, 0.25) is 0 Å². The molecular weight excluding hydrogens is 540 g/mol. The molecule has 0 aliphatic rings. The van der Waals surface area contributed by atoms with Gasteiger partial charge in [-0.25, -0.2) is 9.59 Å². The van der Waals surface area contributed by atoms with E-state index in [4.69, 9.17) is 9.47 Å². The number of esters is 2. The smallest absolute Gasteiger partial charge is 0.361 e. The average molecular weight is 590 g/mol. The number of hydrogen-bond donors (Lipinski definition) is 0. The maximum atomic E-state index is 12.1. The van der Waals surface area contributed by atoms with Crippen molar-refractivity contribution in [2.45, 2.75) is 78.1 Å². The molecule has 0 unspecified atom stereocenters. The summed E-state index contributed by atoms with van der Waals surface area (Å²) in [6.45, 7) is 7.74. The van der Waals surface area contributed by atoms with Crippen LogP contribution in [0.5, 0.6) is 0 Å². The molecule has 0 aliphatic heterocycles. The van der Waals surface area contributed by atoms with Crippen molar-refractivity contribution in [1.82, 2.24) is 0 Å². The van der Waals surface area contributed by atoms with Crippen molar-refractivity contribution in [2.75, 3.05) is 67.6 Å². The first-order chi connectivity index (χ1) is 14.1. The molecule has 0 N–H and O–H groups in total. The van der Waals surface area contributed by atoms with Gasteiger partial charge in [-0.05, 0) is 12.8 Å². The third kappa shape index (κ3) is 23.0. The van der Waals surface area contributed by atoms with E-state index >= 15 is 0 Å². The van der Waals surface area contributed by atoms with E-state index in [2.05, 4.69) is 13.8 Å². The summed E-state index contributed by atoms with van der Waals surface area (Å²) in [5.41, 5.74) is 0. The number of carbonyl (C=O) groups is 2. The largest absolute Gasteiger partial charge is 1.00 e. The van der Waals surface area contributed by atoms with Crippen LogP contribution < -0.4 is 34.0 Å². The molecule has 6 nitrogen and oxygen atoms in total. The molecule has 0 spiro atoms. The van der Waals surface area contributed by atoms with Crippen molar-refractivity contribution >= 4 is 11.9 Å². The van der Waals surface area contributed by atoms with Crippen molar-refractivity contribution < 1.29 is 62.0 Å². The zero-order valence-corrected chi connectivity index (χ0v) is 24.8. The summed E-state index contributed by atoms with van der Waals surface area (Å²) in [4.78, 5) is 24.3. The maximum absolute atomic E-state index is 12.1. The topological polar surface area (TPSA) is 52.6 Å². The van der Waals surface area contributed by atoms with Gasteiger partial charge >= 0.3 is 11.9 Å². The van der Waals surface area contributed by atoms with E-state index < -0.39 is 0 Å². The van der Waals surface area contributed by atoms with E-state index in [1.54, 1.807) is 0 Å². The molecule has 8 heteroatoms. The fourth-order valence-electron chi connectivity index (χ4n) is 3.27. The molecule has 0 radical (unpaired) electrons. The molecule has 0 fully saturated rings. The molecule has 0 aromatic rings. The third-order valence-electron chi connectivity index (χ3n) is 5.45. The number of nitrogens with zero attached hydrogens (tertiary/aromatic N) is 2. The van der Waals surface area contributed by atoms with E-state index in [-0.39, 0.29) is 45.9 Å². The van der Waals surface area contributed by atoms with E-state index in [0.29, 0.717) is 35.3 Å². The highest BCUT2D eigenvalue weighted by Crippen LogP contribution is 2.07. The Morgan fingerprint density at radius 2 is 0.875 bits per heavy atom. The van der Waals surface area contributed by atoms with Crippen LogP contribution in [0.1, 0.15) is 78.1 Å². The van der Waals surface area contributed by atoms with Gasteiger partial charge in [-0.2, -0.15) is 0 Å². The summed E-state index contributed by atoms with van der Waals surface area (Å²) in [5, 5.41) is 0. The second-order valence-electron chi connectivity index (χ2n) is 9.90. The SMILES string of the molecule is CCCCCCCOC(=O)C[N+](C)(C)CC[N+](C)(C)CC(=O)OCCCCCCC.[Br-].[Br-]. The van der Waals surface area contributed by atoms with E-state index in [9.17, 15) is 9.59 Å². The van der Waals surface area contributed by atoms with Crippen LogP contribution in [-0.2, 0) is 19.1 Å². The Labute approximate surface area is 219 Å². The Bertz CT molecular complexity index is 433. The standard InChI is InChI=1S/C24H50N2O4.2BrH/c1-7-9-11-13-15-19-29-23(27)21-25(3,4)17-18-26(5,6)22-24(28)30-20-16-14-12-10-8-2;;/h7-22H2,1-6H3;2*1H/q+2;;/p-2. The summed E-state index contributed by atoms with van der Waals surface area (Å²) in [6.07, 6.45) is 11.5. The number of likely N-dealkylation sites (N-methyl/N-ethyl adjacent to an activating group) is 2. The predicted molar refractivity (Wildman–Crippen MR) is 123 cm³/mol. The molecule has 0 amide bonds. The Balaban J connectivity index is -0.00000420.